The Morgan fingerprint density at radius 2 is 2.19 bits per heavy atom. The van der Waals surface area contributed by atoms with E-state index >= 15 is 0 Å². The van der Waals surface area contributed by atoms with E-state index in [1.165, 1.54) is 45.3 Å². The predicted octanol–water partition coefficient (Wildman–Crippen LogP) is 1.88. The van der Waals surface area contributed by atoms with E-state index in [2.05, 4.69) is 24.1 Å². The Labute approximate surface area is 101 Å². The van der Waals surface area contributed by atoms with Crippen molar-refractivity contribution in [3.8, 4) is 0 Å². The van der Waals surface area contributed by atoms with E-state index in [0.29, 0.717) is 6.10 Å². The van der Waals surface area contributed by atoms with E-state index in [9.17, 15) is 0 Å². The predicted molar refractivity (Wildman–Crippen MR) is 68.9 cm³/mol. The summed E-state index contributed by atoms with van der Waals surface area (Å²) in [5, 5.41) is 3.52. The summed E-state index contributed by atoms with van der Waals surface area (Å²) in [5.74, 6) is 0. The SMILES string of the molecule is CCCCCNCCN1CCCOC(C)C1. The lowest BCUT2D eigenvalue weighted by molar-refractivity contribution is 0.0679. The lowest BCUT2D eigenvalue weighted by Crippen LogP contribution is -2.36. The van der Waals surface area contributed by atoms with Crippen molar-refractivity contribution in [2.75, 3.05) is 39.3 Å². The molecule has 1 fully saturated rings. The fraction of sp³-hybridized carbons (Fsp3) is 1.00. The first kappa shape index (κ1) is 13.9. The van der Waals surface area contributed by atoms with Gasteiger partial charge in [-0.1, -0.05) is 19.8 Å². The van der Waals surface area contributed by atoms with E-state index in [0.717, 1.165) is 19.7 Å². The van der Waals surface area contributed by atoms with Gasteiger partial charge >= 0.3 is 0 Å². The van der Waals surface area contributed by atoms with Crippen LogP contribution in [0.2, 0.25) is 0 Å². The fourth-order valence-electron chi connectivity index (χ4n) is 2.15. The summed E-state index contributed by atoms with van der Waals surface area (Å²) in [4.78, 5) is 2.52. The van der Waals surface area contributed by atoms with Gasteiger partial charge in [-0.2, -0.15) is 0 Å². The molecule has 0 spiro atoms. The first-order valence-electron chi connectivity index (χ1n) is 6.87. The molecule has 1 aliphatic heterocycles. The minimum absolute atomic E-state index is 0.405. The lowest BCUT2D eigenvalue weighted by Gasteiger charge is -2.21. The molecule has 0 aromatic heterocycles. The third-order valence-electron chi connectivity index (χ3n) is 3.10. The zero-order valence-corrected chi connectivity index (χ0v) is 11.0. The highest BCUT2D eigenvalue weighted by molar-refractivity contribution is 4.67. The highest BCUT2D eigenvalue weighted by Gasteiger charge is 2.13. The second-order valence-corrected chi connectivity index (χ2v) is 4.79. The van der Waals surface area contributed by atoms with Crippen LogP contribution >= 0.6 is 0 Å². The average molecular weight is 228 g/mol. The summed E-state index contributed by atoms with van der Waals surface area (Å²) >= 11 is 0. The molecule has 1 N–H and O–H groups in total. The van der Waals surface area contributed by atoms with Crippen molar-refractivity contribution in [1.82, 2.24) is 10.2 Å². The molecule has 1 aliphatic rings. The molecule has 0 bridgehead atoms. The number of ether oxygens (including phenoxy) is 1. The van der Waals surface area contributed by atoms with Crippen molar-refractivity contribution in [3.05, 3.63) is 0 Å². The number of hydrogen-bond acceptors (Lipinski definition) is 3. The third kappa shape index (κ3) is 6.46. The smallest absolute Gasteiger partial charge is 0.0673 e. The quantitative estimate of drug-likeness (QED) is 0.673. The van der Waals surface area contributed by atoms with Gasteiger partial charge in [-0.25, -0.2) is 0 Å². The van der Waals surface area contributed by atoms with Crippen LogP contribution in [0.1, 0.15) is 39.5 Å². The Balaban J connectivity index is 1.98. The van der Waals surface area contributed by atoms with Crippen molar-refractivity contribution in [3.63, 3.8) is 0 Å². The van der Waals surface area contributed by atoms with Crippen molar-refractivity contribution >= 4 is 0 Å². The maximum absolute atomic E-state index is 5.63. The molecule has 0 amide bonds. The summed E-state index contributed by atoms with van der Waals surface area (Å²) in [5.41, 5.74) is 0. The molecule has 1 saturated heterocycles. The van der Waals surface area contributed by atoms with Crippen LogP contribution in [-0.4, -0.2) is 50.3 Å². The van der Waals surface area contributed by atoms with E-state index in [1.54, 1.807) is 0 Å². The first-order chi connectivity index (χ1) is 7.83. The molecule has 1 unspecified atom stereocenters. The summed E-state index contributed by atoms with van der Waals surface area (Å²) < 4.78 is 5.63. The van der Waals surface area contributed by atoms with Gasteiger partial charge in [0.2, 0.25) is 0 Å². The van der Waals surface area contributed by atoms with Crippen LogP contribution in [0.25, 0.3) is 0 Å². The average Bonchev–Trinajstić information content (AvgIpc) is 2.48. The summed E-state index contributed by atoms with van der Waals surface area (Å²) in [6.45, 7) is 11.1. The van der Waals surface area contributed by atoms with E-state index < -0.39 is 0 Å². The number of hydrogen-bond donors (Lipinski definition) is 1. The molecule has 1 heterocycles. The molecule has 0 aromatic rings. The third-order valence-corrected chi connectivity index (χ3v) is 3.10. The van der Waals surface area contributed by atoms with Crippen LogP contribution in [0.4, 0.5) is 0 Å². The number of nitrogens with one attached hydrogen (secondary N) is 1. The van der Waals surface area contributed by atoms with Gasteiger partial charge in [-0.05, 0) is 26.3 Å². The maximum Gasteiger partial charge on any atom is 0.0673 e. The van der Waals surface area contributed by atoms with Crippen molar-refractivity contribution in [2.45, 2.75) is 45.6 Å². The maximum atomic E-state index is 5.63. The second kappa shape index (κ2) is 8.97. The molecule has 0 aromatic carbocycles. The van der Waals surface area contributed by atoms with E-state index in [-0.39, 0.29) is 0 Å². The Hall–Kier alpha value is -0.120. The fourth-order valence-corrected chi connectivity index (χ4v) is 2.15. The zero-order chi connectivity index (χ0) is 11.6. The van der Waals surface area contributed by atoms with Crippen LogP contribution in [0.3, 0.4) is 0 Å². The Morgan fingerprint density at radius 1 is 1.31 bits per heavy atom. The number of unbranched alkanes of at least 4 members (excludes halogenated alkanes) is 2. The number of rotatable bonds is 7. The van der Waals surface area contributed by atoms with Gasteiger partial charge in [0.05, 0.1) is 6.10 Å². The standard InChI is InChI=1S/C13H28N2O/c1-3-4-5-7-14-8-10-15-9-6-11-16-13(2)12-15/h13-14H,3-12H2,1-2H3. The Bertz CT molecular complexity index is 164. The van der Waals surface area contributed by atoms with Crippen LogP contribution in [-0.2, 0) is 4.74 Å². The van der Waals surface area contributed by atoms with Crippen LogP contribution in [0.5, 0.6) is 0 Å². The molecule has 0 saturated carbocycles. The Kier molecular flexibility index (Phi) is 7.81. The van der Waals surface area contributed by atoms with Crippen molar-refractivity contribution in [1.29, 1.82) is 0 Å². The molecular formula is C13H28N2O. The monoisotopic (exact) mass is 228 g/mol. The zero-order valence-electron chi connectivity index (χ0n) is 11.0. The Morgan fingerprint density at radius 3 is 3.00 bits per heavy atom. The molecule has 0 aliphatic carbocycles. The highest BCUT2D eigenvalue weighted by atomic mass is 16.5. The van der Waals surface area contributed by atoms with Crippen LogP contribution in [0.15, 0.2) is 0 Å². The molecular weight excluding hydrogens is 200 g/mol. The van der Waals surface area contributed by atoms with Crippen molar-refractivity contribution < 1.29 is 4.74 Å². The van der Waals surface area contributed by atoms with Gasteiger partial charge in [0.25, 0.3) is 0 Å². The highest BCUT2D eigenvalue weighted by Crippen LogP contribution is 2.04. The van der Waals surface area contributed by atoms with Crippen LogP contribution < -0.4 is 5.32 Å². The summed E-state index contributed by atoms with van der Waals surface area (Å²) in [7, 11) is 0. The topological polar surface area (TPSA) is 24.5 Å². The molecule has 1 atom stereocenters. The minimum atomic E-state index is 0.405. The molecule has 1 rings (SSSR count). The summed E-state index contributed by atoms with van der Waals surface area (Å²) in [6.07, 6.45) is 5.56. The van der Waals surface area contributed by atoms with Gasteiger partial charge < -0.3 is 10.1 Å². The second-order valence-electron chi connectivity index (χ2n) is 4.79. The van der Waals surface area contributed by atoms with Gasteiger partial charge in [-0.15, -0.1) is 0 Å². The lowest BCUT2D eigenvalue weighted by atomic mass is 10.2. The van der Waals surface area contributed by atoms with Gasteiger partial charge in [0, 0.05) is 32.8 Å². The minimum Gasteiger partial charge on any atom is -0.377 e. The van der Waals surface area contributed by atoms with Crippen LogP contribution in [0, 0.1) is 0 Å². The van der Waals surface area contributed by atoms with Gasteiger partial charge in [0.15, 0.2) is 0 Å². The number of nitrogens with zero attached hydrogens (tertiary/aromatic N) is 1. The normalized spacial score (nSPS) is 23.2. The van der Waals surface area contributed by atoms with E-state index in [1.807, 2.05) is 0 Å². The largest absolute Gasteiger partial charge is 0.377 e. The van der Waals surface area contributed by atoms with Crippen molar-refractivity contribution in [2.24, 2.45) is 0 Å². The molecule has 96 valence electrons. The molecule has 3 nitrogen and oxygen atoms in total. The summed E-state index contributed by atoms with van der Waals surface area (Å²) in [6, 6.07) is 0. The molecule has 3 heteroatoms. The van der Waals surface area contributed by atoms with Gasteiger partial charge in [0.1, 0.15) is 0 Å². The molecule has 16 heavy (non-hydrogen) atoms. The van der Waals surface area contributed by atoms with E-state index in [4.69, 9.17) is 4.74 Å². The first-order valence-corrected chi connectivity index (χ1v) is 6.87. The molecule has 0 radical (unpaired) electrons. The van der Waals surface area contributed by atoms with Gasteiger partial charge in [-0.3, -0.25) is 4.90 Å².